The summed E-state index contributed by atoms with van der Waals surface area (Å²) >= 11 is 0. The zero-order valence-electron chi connectivity index (χ0n) is 23.3. The van der Waals surface area contributed by atoms with Crippen LogP contribution < -0.4 is 11.2 Å². The van der Waals surface area contributed by atoms with Crippen LogP contribution in [0.25, 0.3) is 82.6 Å². The first-order valence-electron chi connectivity index (χ1n) is 14.4. The largest absolute Gasteiger partial charge is 0.455 e. The molecule has 2 N–H and O–H groups in total. The molecule has 3 heterocycles. The third-order valence-electron chi connectivity index (χ3n) is 8.56. The topological polar surface area (TPSA) is 83.8 Å². The highest BCUT2D eigenvalue weighted by Crippen LogP contribution is 2.41. The minimum atomic E-state index is -0.512. The first-order valence-corrected chi connectivity index (χ1v) is 14.4. The fraction of sp³-hybridized carbons (Fsp3) is 0. The van der Waals surface area contributed by atoms with Crippen molar-refractivity contribution < 1.29 is 4.42 Å². The van der Waals surface area contributed by atoms with Crippen LogP contribution in [0.4, 0.5) is 0 Å². The van der Waals surface area contributed by atoms with E-state index in [1.54, 1.807) is 6.07 Å². The van der Waals surface area contributed by atoms with Gasteiger partial charge in [0.15, 0.2) is 0 Å². The van der Waals surface area contributed by atoms with Crippen LogP contribution in [-0.2, 0) is 0 Å². The molecule has 0 unspecified atom stereocenters. The molecule has 44 heavy (non-hydrogen) atoms. The zero-order chi connectivity index (χ0) is 29.4. The van der Waals surface area contributed by atoms with Gasteiger partial charge in [0.05, 0.1) is 27.3 Å². The summed E-state index contributed by atoms with van der Waals surface area (Å²) in [5, 5.41) is 4.88. The lowest BCUT2D eigenvalue weighted by molar-refractivity contribution is 0.673. The second-order valence-electron chi connectivity index (χ2n) is 11.1. The first-order chi connectivity index (χ1) is 21.6. The quantitative estimate of drug-likeness (QED) is 0.224. The zero-order valence-corrected chi connectivity index (χ0v) is 23.3. The van der Waals surface area contributed by atoms with E-state index in [0.717, 1.165) is 71.7 Å². The van der Waals surface area contributed by atoms with Gasteiger partial charge in [0.2, 0.25) is 0 Å². The van der Waals surface area contributed by atoms with Gasteiger partial charge in [-0.15, -0.1) is 0 Å². The lowest BCUT2D eigenvalue weighted by atomic mass is 9.97. The average Bonchev–Trinajstić information content (AvgIpc) is 3.60. The molecule has 0 spiro atoms. The van der Waals surface area contributed by atoms with E-state index in [4.69, 9.17) is 4.42 Å². The number of H-pyrrole nitrogens is 2. The Morgan fingerprint density at radius 3 is 2.11 bits per heavy atom. The van der Waals surface area contributed by atoms with Crippen LogP contribution in [0.15, 0.2) is 141 Å². The molecule has 9 aromatic rings. The maximum atomic E-state index is 12.5. The Bertz CT molecular complexity index is 2710. The van der Waals surface area contributed by atoms with Crippen molar-refractivity contribution >= 4 is 54.6 Å². The smallest absolute Gasteiger partial charge is 0.326 e. The van der Waals surface area contributed by atoms with Gasteiger partial charge < -0.3 is 14.0 Å². The molecule has 208 valence electrons. The highest BCUT2D eigenvalue weighted by atomic mass is 16.3. The molecule has 0 saturated heterocycles. The van der Waals surface area contributed by atoms with Crippen molar-refractivity contribution in [1.82, 2.24) is 14.5 Å². The maximum Gasteiger partial charge on any atom is 0.326 e. The lowest BCUT2D eigenvalue weighted by Gasteiger charge is -2.10. The highest BCUT2D eigenvalue weighted by Gasteiger charge is 2.19. The third-order valence-corrected chi connectivity index (χ3v) is 8.56. The molecule has 0 bridgehead atoms. The summed E-state index contributed by atoms with van der Waals surface area (Å²) in [5.74, 6) is 0. The van der Waals surface area contributed by atoms with Crippen molar-refractivity contribution in [3.63, 3.8) is 0 Å². The van der Waals surface area contributed by atoms with Crippen molar-refractivity contribution in [2.24, 2.45) is 0 Å². The minimum Gasteiger partial charge on any atom is -0.455 e. The molecule has 6 aromatic carbocycles. The van der Waals surface area contributed by atoms with E-state index < -0.39 is 11.2 Å². The molecule has 6 nitrogen and oxygen atoms in total. The first kappa shape index (κ1) is 24.5. The van der Waals surface area contributed by atoms with E-state index in [9.17, 15) is 9.59 Å². The van der Waals surface area contributed by atoms with Crippen molar-refractivity contribution in [2.75, 3.05) is 0 Å². The average molecular weight is 570 g/mol. The Kier molecular flexibility index (Phi) is 5.10. The van der Waals surface area contributed by atoms with Gasteiger partial charge in [-0.25, -0.2) is 4.79 Å². The third kappa shape index (κ3) is 3.61. The van der Waals surface area contributed by atoms with E-state index in [2.05, 4.69) is 87.3 Å². The molecule has 0 atom stereocenters. The number of aromatic amines is 2. The van der Waals surface area contributed by atoms with Gasteiger partial charge in [-0.3, -0.25) is 9.78 Å². The van der Waals surface area contributed by atoms with E-state index >= 15 is 0 Å². The van der Waals surface area contributed by atoms with E-state index in [-0.39, 0.29) is 0 Å². The van der Waals surface area contributed by atoms with Crippen LogP contribution in [0.1, 0.15) is 0 Å². The molecule has 0 radical (unpaired) electrons. The summed E-state index contributed by atoms with van der Waals surface area (Å²) in [4.78, 5) is 29.2. The summed E-state index contributed by atoms with van der Waals surface area (Å²) in [6.45, 7) is 0. The number of aromatic nitrogens is 3. The molecule has 0 aliphatic carbocycles. The Morgan fingerprint density at radius 2 is 1.25 bits per heavy atom. The summed E-state index contributed by atoms with van der Waals surface area (Å²) in [6, 6.07) is 43.4. The number of para-hydroxylation sites is 2. The van der Waals surface area contributed by atoms with E-state index in [0.29, 0.717) is 10.9 Å². The summed E-state index contributed by atoms with van der Waals surface area (Å²) < 4.78 is 8.80. The number of furan rings is 1. The summed E-state index contributed by atoms with van der Waals surface area (Å²) in [5.41, 5.74) is 8.61. The second-order valence-corrected chi connectivity index (χ2v) is 11.1. The number of hydrogen-bond acceptors (Lipinski definition) is 3. The van der Waals surface area contributed by atoms with Crippen molar-refractivity contribution in [3.8, 4) is 27.9 Å². The number of hydrogen-bond donors (Lipinski definition) is 2. The van der Waals surface area contributed by atoms with Crippen LogP contribution in [-0.4, -0.2) is 14.5 Å². The van der Waals surface area contributed by atoms with Gasteiger partial charge in [-0.1, -0.05) is 72.8 Å². The lowest BCUT2D eigenvalue weighted by Crippen LogP contribution is -2.21. The van der Waals surface area contributed by atoms with Gasteiger partial charge in [-0.05, 0) is 76.9 Å². The van der Waals surface area contributed by atoms with Gasteiger partial charge >= 0.3 is 5.69 Å². The van der Waals surface area contributed by atoms with Gasteiger partial charge in [0.25, 0.3) is 5.56 Å². The molecule has 3 aromatic heterocycles. The van der Waals surface area contributed by atoms with Crippen molar-refractivity contribution in [2.45, 2.75) is 0 Å². The molecular weight excluding hydrogens is 546 g/mol. The van der Waals surface area contributed by atoms with Crippen LogP contribution >= 0.6 is 0 Å². The van der Waals surface area contributed by atoms with E-state index in [1.165, 1.54) is 0 Å². The predicted molar refractivity (Wildman–Crippen MR) is 178 cm³/mol. The standard InChI is InChI=1S/C38H23N3O3/c42-37-30-20-24(14-17-31(30)39-38(43)40-37)22-7-6-8-23(19-22)25-13-15-29-33(21-25)41(26-9-2-1-3-10-26)32-18-16-28-27-11-4-5-12-34(27)44-36(28)35(29)32/h1-21H,(H2,39,40,42,43). The molecule has 0 amide bonds. The fourth-order valence-electron chi connectivity index (χ4n) is 6.54. The SMILES string of the molecule is O=c1[nH]c(=O)c2cc(-c3cccc(-c4ccc5c6c7oc8ccccc8c7ccc6n(-c6ccccc6)c5c4)c3)ccc2[nH]1. The molecule has 0 aliphatic rings. The van der Waals surface area contributed by atoms with Crippen LogP contribution in [0.2, 0.25) is 0 Å². The minimum absolute atomic E-state index is 0.403. The predicted octanol–water partition coefficient (Wildman–Crippen LogP) is 8.55. The van der Waals surface area contributed by atoms with Gasteiger partial charge in [0, 0.05) is 21.8 Å². The molecular formula is C38H23N3O3. The summed E-state index contributed by atoms with van der Waals surface area (Å²) in [6.07, 6.45) is 0. The van der Waals surface area contributed by atoms with Gasteiger partial charge in [0.1, 0.15) is 11.2 Å². The van der Waals surface area contributed by atoms with Crippen molar-refractivity contribution in [3.05, 3.63) is 148 Å². The Hall–Kier alpha value is -6.14. The molecule has 9 rings (SSSR count). The van der Waals surface area contributed by atoms with Crippen molar-refractivity contribution in [1.29, 1.82) is 0 Å². The molecule has 0 saturated carbocycles. The Morgan fingerprint density at radius 1 is 0.523 bits per heavy atom. The second kappa shape index (κ2) is 9.18. The monoisotopic (exact) mass is 569 g/mol. The Labute approximate surface area is 249 Å². The normalized spacial score (nSPS) is 11.8. The fourth-order valence-corrected chi connectivity index (χ4v) is 6.54. The maximum absolute atomic E-state index is 12.5. The number of rotatable bonds is 3. The number of benzene rings is 6. The van der Waals surface area contributed by atoms with Crippen LogP contribution in [0.5, 0.6) is 0 Å². The Balaban J connectivity index is 1.27. The molecule has 6 heteroatoms. The number of nitrogens with zero attached hydrogens (tertiary/aromatic N) is 1. The highest BCUT2D eigenvalue weighted by molar-refractivity contribution is 6.24. The van der Waals surface area contributed by atoms with E-state index in [1.807, 2.05) is 48.5 Å². The number of fused-ring (bicyclic) bond motifs is 8. The van der Waals surface area contributed by atoms with Crippen LogP contribution in [0.3, 0.4) is 0 Å². The summed E-state index contributed by atoms with van der Waals surface area (Å²) in [7, 11) is 0. The molecule has 0 aliphatic heterocycles. The van der Waals surface area contributed by atoms with Crippen LogP contribution in [0, 0.1) is 0 Å². The molecule has 0 fully saturated rings. The number of nitrogens with one attached hydrogen (secondary N) is 2. The van der Waals surface area contributed by atoms with Gasteiger partial charge in [-0.2, -0.15) is 0 Å².